The molecule has 1 fully saturated rings. The Hall–Kier alpha value is -0.530. The van der Waals surface area contributed by atoms with Crippen LogP contribution in [0, 0.1) is 11.8 Å². The lowest BCUT2D eigenvalue weighted by Crippen LogP contribution is -2.18. The van der Waals surface area contributed by atoms with Crippen molar-refractivity contribution in [3.05, 3.63) is 0 Å². The fourth-order valence-electron chi connectivity index (χ4n) is 2.08. The summed E-state index contributed by atoms with van der Waals surface area (Å²) < 4.78 is 0. The Balaban J connectivity index is 2.28. The monoisotopic (exact) mass is 182 g/mol. The second-order valence-corrected chi connectivity index (χ2v) is 4.32. The van der Waals surface area contributed by atoms with E-state index < -0.39 is 0 Å². The smallest absolute Gasteiger partial charge is 0.0934 e. The van der Waals surface area contributed by atoms with Gasteiger partial charge in [0.1, 0.15) is 0 Å². The lowest BCUT2D eigenvalue weighted by molar-refractivity contribution is 0.289. The van der Waals surface area contributed by atoms with Crippen LogP contribution in [0.1, 0.15) is 46.0 Å². The zero-order valence-electron chi connectivity index (χ0n) is 8.92. The molecule has 0 aromatic heterocycles. The molecule has 2 heteroatoms. The third-order valence-electron chi connectivity index (χ3n) is 2.96. The van der Waals surface area contributed by atoms with Gasteiger partial charge in [0.2, 0.25) is 0 Å². The SMILES string of the molecule is CCC(N)=NCC1CCCC(C)C1. The van der Waals surface area contributed by atoms with Crippen LogP contribution in [0.5, 0.6) is 0 Å². The molecule has 2 nitrogen and oxygen atoms in total. The van der Waals surface area contributed by atoms with Crippen LogP contribution in [0.25, 0.3) is 0 Å². The molecule has 1 rings (SSSR count). The first kappa shape index (κ1) is 10.6. The van der Waals surface area contributed by atoms with E-state index in [1.54, 1.807) is 0 Å². The average Bonchev–Trinajstić information content (AvgIpc) is 2.14. The maximum atomic E-state index is 5.67. The number of nitrogens with zero attached hydrogens (tertiary/aromatic N) is 1. The summed E-state index contributed by atoms with van der Waals surface area (Å²) in [6.45, 7) is 5.37. The number of aliphatic imine (C=N–C) groups is 1. The highest BCUT2D eigenvalue weighted by Gasteiger charge is 2.17. The molecule has 0 bridgehead atoms. The van der Waals surface area contributed by atoms with E-state index in [2.05, 4.69) is 18.8 Å². The van der Waals surface area contributed by atoms with Gasteiger partial charge in [0.25, 0.3) is 0 Å². The van der Waals surface area contributed by atoms with Crippen LogP contribution < -0.4 is 5.73 Å². The molecule has 0 aliphatic heterocycles. The van der Waals surface area contributed by atoms with Gasteiger partial charge in [-0.05, 0) is 24.7 Å². The van der Waals surface area contributed by atoms with Crippen molar-refractivity contribution in [2.24, 2.45) is 22.6 Å². The molecule has 2 atom stereocenters. The molecule has 0 saturated heterocycles. The zero-order valence-corrected chi connectivity index (χ0v) is 8.92. The van der Waals surface area contributed by atoms with E-state index in [9.17, 15) is 0 Å². The van der Waals surface area contributed by atoms with Crippen LogP contribution in [0.2, 0.25) is 0 Å². The van der Waals surface area contributed by atoms with E-state index in [4.69, 9.17) is 5.73 Å². The molecule has 0 aromatic carbocycles. The number of amidine groups is 1. The topological polar surface area (TPSA) is 38.4 Å². The summed E-state index contributed by atoms with van der Waals surface area (Å²) in [7, 11) is 0. The third-order valence-corrected chi connectivity index (χ3v) is 2.96. The van der Waals surface area contributed by atoms with E-state index in [1.807, 2.05) is 0 Å². The Morgan fingerprint density at radius 1 is 1.46 bits per heavy atom. The van der Waals surface area contributed by atoms with Crippen LogP contribution in [0.15, 0.2) is 4.99 Å². The summed E-state index contributed by atoms with van der Waals surface area (Å²) in [5.74, 6) is 2.52. The second-order valence-electron chi connectivity index (χ2n) is 4.32. The fourth-order valence-corrected chi connectivity index (χ4v) is 2.08. The number of nitrogens with two attached hydrogens (primary N) is 1. The molecule has 1 aliphatic carbocycles. The van der Waals surface area contributed by atoms with Crippen LogP contribution in [0.3, 0.4) is 0 Å². The van der Waals surface area contributed by atoms with E-state index in [1.165, 1.54) is 25.7 Å². The number of hydrogen-bond donors (Lipinski definition) is 1. The molecule has 1 aliphatic rings. The third kappa shape index (κ3) is 3.79. The van der Waals surface area contributed by atoms with Gasteiger partial charge in [0.15, 0.2) is 0 Å². The van der Waals surface area contributed by atoms with Crippen molar-refractivity contribution < 1.29 is 0 Å². The lowest BCUT2D eigenvalue weighted by Gasteiger charge is -2.25. The molecule has 13 heavy (non-hydrogen) atoms. The Kier molecular flexibility index (Phi) is 4.26. The van der Waals surface area contributed by atoms with E-state index in [0.717, 1.165) is 30.6 Å². The van der Waals surface area contributed by atoms with Crippen molar-refractivity contribution in [3.63, 3.8) is 0 Å². The maximum absolute atomic E-state index is 5.67. The number of hydrogen-bond acceptors (Lipinski definition) is 1. The largest absolute Gasteiger partial charge is 0.387 e. The Morgan fingerprint density at radius 2 is 2.23 bits per heavy atom. The Bertz CT molecular complexity index is 175. The van der Waals surface area contributed by atoms with Gasteiger partial charge in [-0.1, -0.05) is 26.7 Å². The van der Waals surface area contributed by atoms with Gasteiger partial charge in [-0.3, -0.25) is 4.99 Å². The molecule has 0 spiro atoms. The summed E-state index contributed by atoms with van der Waals surface area (Å²) >= 11 is 0. The van der Waals surface area contributed by atoms with Crippen molar-refractivity contribution in [2.75, 3.05) is 6.54 Å². The lowest BCUT2D eigenvalue weighted by atomic mass is 9.82. The molecule has 76 valence electrons. The summed E-state index contributed by atoms with van der Waals surface area (Å²) in [6.07, 6.45) is 6.38. The summed E-state index contributed by atoms with van der Waals surface area (Å²) in [6, 6.07) is 0. The van der Waals surface area contributed by atoms with Crippen molar-refractivity contribution in [3.8, 4) is 0 Å². The van der Waals surface area contributed by atoms with Gasteiger partial charge >= 0.3 is 0 Å². The normalized spacial score (nSPS) is 30.5. The summed E-state index contributed by atoms with van der Waals surface area (Å²) in [5.41, 5.74) is 5.67. The first-order valence-corrected chi connectivity index (χ1v) is 5.51. The molecular formula is C11H22N2. The van der Waals surface area contributed by atoms with Gasteiger partial charge in [-0.15, -0.1) is 0 Å². The standard InChI is InChI=1S/C11H22N2/c1-3-11(12)13-8-10-6-4-5-9(2)7-10/h9-10H,3-8H2,1-2H3,(H2,12,13). The van der Waals surface area contributed by atoms with Gasteiger partial charge < -0.3 is 5.73 Å². The molecule has 0 heterocycles. The highest BCUT2D eigenvalue weighted by atomic mass is 14.8. The van der Waals surface area contributed by atoms with Crippen molar-refractivity contribution in [2.45, 2.75) is 46.0 Å². The highest BCUT2D eigenvalue weighted by molar-refractivity contribution is 5.79. The predicted molar refractivity (Wildman–Crippen MR) is 57.9 cm³/mol. The molecule has 1 saturated carbocycles. The van der Waals surface area contributed by atoms with Gasteiger partial charge in [0.05, 0.1) is 5.84 Å². The highest BCUT2D eigenvalue weighted by Crippen LogP contribution is 2.28. The van der Waals surface area contributed by atoms with Crippen molar-refractivity contribution in [1.82, 2.24) is 0 Å². The van der Waals surface area contributed by atoms with E-state index in [0.29, 0.717) is 0 Å². The zero-order chi connectivity index (χ0) is 9.68. The molecule has 0 aromatic rings. The van der Waals surface area contributed by atoms with Crippen LogP contribution in [0.4, 0.5) is 0 Å². The Morgan fingerprint density at radius 3 is 2.85 bits per heavy atom. The van der Waals surface area contributed by atoms with Crippen LogP contribution >= 0.6 is 0 Å². The average molecular weight is 182 g/mol. The van der Waals surface area contributed by atoms with Gasteiger partial charge in [0, 0.05) is 13.0 Å². The van der Waals surface area contributed by atoms with E-state index in [-0.39, 0.29) is 0 Å². The molecule has 2 N–H and O–H groups in total. The minimum Gasteiger partial charge on any atom is -0.387 e. The summed E-state index contributed by atoms with van der Waals surface area (Å²) in [5, 5.41) is 0. The van der Waals surface area contributed by atoms with E-state index >= 15 is 0 Å². The first-order valence-electron chi connectivity index (χ1n) is 5.51. The molecular weight excluding hydrogens is 160 g/mol. The van der Waals surface area contributed by atoms with Gasteiger partial charge in [-0.25, -0.2) is 0 Å². The van der Waals surface area contributed by atoms with Crippen LogP contribution in [-0.2, 0) is 0 Å². The quantitative estimate of drug-likeness (QED) is 0.529. The minimum atomic E-state index is 0.800. The Labute approximate surface area is 81.6 Å². The van der Waals surface area contributed by atoms with Crippen LogP contribution in [-0.4, -0.2) is 12.4 Å². The first-order chi connectivity index (χ1) is 6.22. The van der Waals surface area contributed by atoms with Crippen molar-refractivity contribution in [1.29, 1.82) is 0 Å². The molecule has 0 radical (unpaired) electrons. The predicted octanol–water partition coefficient (Wildman–Crippen LogP) is 2.58. The summed E-state index contributed by atoms with van der Waals surface area (Å²) in [4.78, 5) is 4.40. The van der Waals surface area contributed by atoms with Gasteiger partial charge in [-0.2, -0.15) is 0 Å². The number of rotatable bonds is 3. The van der Waals surface area contributed by atoms with Crippen molar-refractivity contribution >= 4 is 5.84 Å². The fraction of sp³-hybridized carbons (Fsp3) is 0.909. The minimum absolute atomic E-state index is 0.800. The molecule has 2 unspecified atom stereocenters. The molecule has 0 amide bonds. The second kappa shape index (κ2) is 5.25. The maximum Gasteiger partial charge on any atom is 0.0934 e.